The summed E-state index contributed by atoms with van der Waals surface area (Å²) >= 11 is 1.72. The second-order valence-corrected chi connectivity index (χ2v) is 5.50. The molecule has 1 atom stereocenters. The van der Waals surface area contributed by atoms with Gasteiger partial charge in [-0.15, -0.1) is 11.3 Å². The quantitative estimate of drug-likeness (QED) is 0.879. The lowest BCUT2D eigenvalue weighted by atomic mass is 10.0. The van der Waals surface area contributed by atoms with Crippen molar-refractivity contribution in [3.8, 4) is 5.75 Å². The number of anilines is 2. The minimum absolute atomic E-state index is 0.170. The predicted octanol–water partition coefficient (Wildman–Crippen LogP) is 2.94. The van der Waals surface area contributed by atoms with E-state index in [0.717, 1.165) is 0 Å². The fourth-order valence-corrected chi connectivity index (χ4v) is 2.82. The highest BCUT2D eigenvalue weighted by Gasteiger charge is 2.20. The van der Waals surface area contributed by atoms with Gasteiger partial charge in [0.05, 0.1) is 13.2 Å². The van der Waals surface area contributed by atoms with Gasteiger partial charge in [-0.1, -0.05) is 19.9 Å². The van der Waals surface area contributed by atoms with Gasteiger partial charge in [-0.3, -0.25) is 0 Å². The predicted molar refractivity (Wildman–Crippen MR) is 78.5 cm³/mol. The molecule has 19 heavy (non-hydrogen) atoms. The van der Waals surface area contributed by atoms with Crippen molar-refractivity contribution in [1.82, 2.24) is 9.97 Å². The number of aromatic nitrogens is 2. The molecule has 0 fully saturated rings. The average molecular weight is 278 g/mol. The van der Waals surface area contributed by atoms with Gasteiger partial charge in [0.1, 0.15) is 6.33 Å². The van der Waals surface area contributed by atoms with Crippen molar-refractivity contribution in [2.45, 2.75) is 19.9 Å². The third-order valence-corrected chi connectivity index (χ3v) is 3.80. The van der Waals surface area contributed by atoms with Gasteiger partial charge in [-0.2, -0.15) is 0 Å². The molecule has 2 rings (SSSR count). The van der Waals surface area contributed by atoms with Crippen LogP contribution in [0.1, 0.15) is 24.8 Å². The Labute approximate surface area is 116 Å². The molecule has 0 aromatic carbocycles. The van der Waals surface area contributed by atoms with Crippen LogP contribution in [-0.2, 0) is 0 Å². The molecule has 0 aliphatic heterocycles. The molecular weight excluding hydrogens is 260 g/mol. The third-order valence-electron chi connectivity index (χ3n) is 2.84. The summed E-state index contributed by atoms with van der Waals surface area (Å²) in [6.07, 6.45) is 1.44. The first-order valence-corrected chi connectivity index (χ1v) is 6.95. The maximum atomic E-state index is 5.79. The Morgan fingerprint density at radius 3 is 2.74 bits per heavy atom. The van der Waals surface area contributed by atoms with Crippen LogP contribution in [0.15, 0.2) is 23.8 Å². The van der Waals surface area contributed by atoms with E-state index in [4.69, 9.17) is 10.5 Å². The van der Waals surface area contributed by atoms with Crippen LogP contribution in [0.4, 0.5) is 11.6 Å². The van der Waals surface area contributed by atoms with Crippen molar-refractivity contribution in [1.29, 1.82) is 0 Å². The SMILES string of the molecule is COc1c(N)ncnc1NC(c1cccs1)C(C)C. The van der Waals surface area contributed by atoms with Crippen LogP contribution < -0.4 is 15.8 Å². The molecule has 3 N–H and O–H groups in total. The zero-order chi connectivity index (χ0) is 13.8. The zero-order valence-electron chi connectivity index (χ0n) is 11.3. The molecule has 5 nitrogen and oxygen atoms in total. The van der Waals surface area contributed by atoms with Crippen molar-refractivity contribution >= 4 is 23.0 Å². The molecule has 1 unspecified atom stereocenters. The lowest BCUT2D eigenvalue weighted by Crippen LogP contribution is -2.17. The topological polar surface area (TPSA) is 73.1 Å². The number of nitrogens with zero attached hydrogens (tertiary/aromatic N) is 2. The van der Waals surface area contributed by atoms with Crippen LogP contribution in [0.2, 0.25) is 0 Å². The van der Waals surface area contributed by atoms with E-state index in [9.17, 15) is 0 Å². The number of nitrogens with one attached hydrogen (secondary N) is 1. The number of thiophene rings is 1. The highest BCUT2D eigenvalue weighted by molar-refractivity contribution is 7.10. The van der Waals surface area contributed by atoms with Crippen molar-refractivity contribution in [2.24, 2.45) is 5.92 Å². The minimum Gasteiger partial charge on any atom is -0.490 e. The van der Waals surface area contributed by atoms with Crippen molar-refractivity contribution in [2.75, 3.05) is 18.2 Å². The zero-order valence-corrected chi connectivity index (χ0v) is 12.1. The highest BCUT2D eigenvalue weighted by Crippen LogP contribution is 2.34. The summed E-state index contributed by atoms with van der Waals surface area (Å²) in [6, 6.07) is 4.32. The van der Waals surface area contributed by atoms with Crippen LogP contribution >= 0.6 is 11.3 Å². The Hall–Kier alpha value is -1.82. The summed E-state index contributed by atoms with van der Waals surface area (Å²) in [7, 11) is 1.57. The first-order valence-electron chi connectivity index (χ1n) is 6.08. The van der Waals surface area contributed by atoms with E-state index in [2.05, 4.69) is 40.6 Å². The first-order chi connectivity index (χ1) is 9.13. The molecule has 0 spiro atoms. The summed E-state index contributed by atoms with van der Waals surface area (Å²) < 4.78 is 5.26. The molecule has 0 amide bonds. The minimum atomic E-state index is 0.170. The van der Waals surface area contributed by atoms with Crippen LogP contribution in [0.25, 0.3) is 0 Å². The van der Waals surface area contributed by atoms with E-state index in [1.165, 1.54) is 11.2 Å². The molecular formula is C13H18N4OS. The van der Waals surface area contributed by atoms with E-state index in [-0.39, 0.29) is 6.04 Å². The smallest absolute Gasteiger partial charge is 0.203 e. The maximum Gasteiger partial charge on any atom is 0.203 e. The van der Waals surface area contributed by atoms with E-state index < -0.39 is 0 Å². The van der Waals surface area contributed by atoms with E-state index in [0.29, 0.717) is 23.3 Å². The number of rotatable bonds is 5. The monoisotopic (exact) mass is 278 g/mol. The van der Waals surface area contributed by atoms with Crippen molar-refractivity contribution in [3.05, 3.63) is 28.7 Å². The lowest BCUT2D eigenvalue weighted by Gasteiger charge is -2.23. The molecule has 0 aliphatic carbocycles. The molecule has 0 bridgehead atoms. The molecule has 2 aromatic rings. The second-order valence-electron chi connectivity index (χ2n) is 4.52. The Balaban J connectivity index is 2.30. The second kappa shape index (κ2) is 5.88. The van der Waals surface area contributed by atoms with Crippen molar-refractivity contribution in [3.63, 3.8) is 0 Å². The molecule has 0 radical (unpaired) electrons. The van der Waals surface area contributed by atoms with Gasteiger partial charge in [0.2, 0.25) is 5.75 Å². The van der Waals surface area contributed by atoms with E-state index in [1.807, 2.05) is 6.07 Å². The fourth-order valence-electron chi connectivity index (χ4n) is 1.87. The number of hydrogen-bond donors (Lipinski definition) is 2. The maximum absolute atomic E-state index is 5.79. The number of hydrogen-bond acceptors (Lipinski definition) is 6. The number of ether oxygens (including phenoxy) is 1. The third kappa shape index (κ3) is 2.96. The van der Waals surface area contributed by atoms with Gasteiger partial charge in [0.25, 0.3) is 0 Å². The summed E-state index contributed by atoms with van der Waals surface area (Å²) in [6.45, 7) is 4.32. The Morgan fingerprint density at radius 1 is 1.37 bits per heavy atom. The molecule has 2 heterocycles. The normalized spacial score (nSPS) is 12.4. The van der Waals surface area contributed by atoms with E-state index in [1.54, 1.807) is 18.4 Å². The summed E-state index contributed by atoms with van der Waals surface area (Å²) in [5, 5.41) is 5.46. The summed E-state index contributed by atoms with van der Waals surface area (Å²) in [5.74, 6) is 1.88. The van der Waals surface area contributed by atoms with Crippen LogP contribution in [-0.4, -0.2) is 17.1 Å². The van der Waals surface area contributed by atoms with Gasteiger partial charge < -0.3 is 15.8 Å². The molecule has 102 valence electrons. The summed E-state index contributed by atoms with van der Waals surface area (Å²) in [4.78, 5) is 9.41. The fraction of sp³-hybridized carbons (Fsp3) is 0.385. The molecule has 0 saturated carbocycles. The van der Waals surface area contributed by atoms with Crippen molar-refractivity contribution < 1.29 is 4.74 Å². The van der Waals surface area contributed by atoms with Gasteiger partial charge in [-0.25, -0.2) is 9.97 Å². The molecule has 6 heteroatoms. The Morgan fingerprint density at radius 2 is 2.16 bits per heavy atom. The van der Waals surface area contributed by atoms with Crippen LogP contribution in [0.3, 0.4) is 0 Å². The molecule has 0 aliphatic rings. The first kappa shape index (κ1) is 13.6. The average Bonchev–Trinajstić information content (AvgIpc) is 2.89. The number of nitrogen functional groups attached to an aromatic ring is 1. The van der Waals surface area contributed by atoms with Gasteiger partial charge >= 0.3 is 0 Å². The number of methoxy groups -OCH3 is 1. The summed E-state index contributed by atoms with van der Waals surface area (Å²) in [5.41, 5.74) is 5.79. The number of nitrogens with two attached hydrogens (primary N) is 1. The lowest BCUT2D eigenvalue weighted by molar-refractivity contribution is 0.413. The van der Waals surface area contributed by atoms with E-state index >= 15 is 0 Å². The standard InChI is InChI=1S/C13H18N4OS/c1-8(2)10(9-5-4-6-19-9)17-13-11(18-3)12(14)15-7-16-13/h4-8,10H,1-3H3,(H3,14,15,16,17). The van der Waals surface area contributed by atoms with Crippen LogP contribution in [0, 0.1) is 5.92 Å². The largest absolute Gasteiger partial charge is 0.490 e. The Kier molecular flexibility index (Phi) is 4.21. The molecule has 0 saturated heterocycles. The van der Waals surface area contributed by atoms with Gasteiger partial charge in [-0.05, 0) is 17.4 Å². The van der Waals surface area contributed by atoms with Crippen LogP contribution in [0.5, 0.6) is 5.75 Å². The molecule has 2 aromatic heterocycles. The van der Waals surface area contributed by atoms with Gasteiger partial charge in [0.15, 0.2) is 11.6 Å². The van der Waals surface area contributed by atoms with Gasteiger partial charge in [0, 0.05) is 4.88 Å². The Bertz CT molecular complexity index is 527. The highest BCUT2D eigenvalue weighted by atomic mass is 32.1.